The van der Waals surface area contributed by atoms with Crippen LogP contribution in [0.25, 0.3) is 0 Å². The first-order chi connectivity index (χ1) is 6.51. The first-order valence-corrected chi connectivity index (χ1v) is 9.51. The van der Waals surface area contributed by atoms with Crippen molar-refractivity contribution in [2.75, 3.05) is 0 Å². The Morgan fingerprint density at radius 2 is 1.86 bits per heavy atom. The maximum Gasteiger partial charge on any atom is 0.0480 e. The molecule has 0 N–H and O–H groups in total. The summed E-state index contributed by atoms with van der Waals surface area (Å²) in [6.45, 7) is 11.2. The summed E-state index contributed by atoms with van der Waals surface area (Å²) >= 11 is 0. The molecule has 80 valence electrons. The predicted octanol–water partition coefficient (Wildman–Crippen LogP) is 4.48. The zero-order valence-electron chi connectivity index (χ0n) is 9.92. The van der Waals surface area contributed by atoms with Crippen LogP contribution in [0.2, 0.25) is 25.7 Å². The van der Waals surface area contributed by atoms with Crippen LogP contribution in [0.3, 0.4) is 0 Å². The van der Waals surface area contributed by atoms with Crippen molar-refractivity contribution < 1.29 is 0 Å². The van der Waals surface area contributed by atoms with E-state index in [1.165, 1.54) is 25.3 Å². The van der Waals surface area contributed by atoms with Crippen molar-refractivity contribution in [3.63, 3.8) is 0 Å². The minimum atomic E-state index is -0.861. The van der Waals surface area contributed by atoms with Crippen LogP contribution in [-0.4, -0.2) is 8.07 Å². The Morgan fingerprint density at radius 3 is 2.36 bits per heavy atom. The minimum Gasteiger partial charge on any atom is -0.103 e. The van der Waals surface area contributed by atoms with Gasteiger partial charge in [-0.3, -0.25) is 0 Å². The van der Waals surface area contributed by atoms with E-state index in [4.69, 9.17) is 0 Å². The van der Waals surface area contributed by atoms with E-state index in [2.05, 4.69) is 44.4 Å². The van der Waals surface area contributed by atoms with Crippen LogP contribution in [0.1, 0.15) is 19.3 Å². The zero-order chi connectivity index (χ0) is 10.6. The lowest BCUT2D eigenvalue weighted by Gasteiger charge is -2.12. The first kappa shape index (κ1) is 11.8. The fourth-order valence-corrected chi connectivity index (χ4v) is 2.90. The normalized spacial score (nSPS) is 28.5. The second-order valence-corrected chi connectivity index (χ2v) is 11.3. The van der Waals surface area contributed by atoms with E-state index in [1.54, 1.807) is 0 Å². The minimum absolute atomic E-state index is 0.788. The van der Waals surface area contributed by atoms with E-state index in [-0.39, 0.29) is 0 Å². The Bertz CT molecular complexity index is 210. The molecule has 14 heavy (non-hydrogen) atoms. The molecule has 0 radical (unpaired) electrons. The fourth-order valence-electron chi connectivity index (χ4n) is 2.06. The molecule has 0 spiro atoms. The average Bonchev–Trinajstić information content (AvgIpc) is 2.50. The van der Waals surface area contributed by atoms with Crippen molar-refractivity contribution in [2.45, 2.75) is 44.9 Å². The molecule has 0 aromatic heterocycles. The van der Waals surface area contributed by atoms with Crippen LogP contribution in [-0.2, 0) is 0 Å². The SMILES string of the molecule is C=CC1CCC(C=CC[Si](C)(C)C)C1. The van der Waals surface area contributed by atoms with E-state index in [0.717, 1.165) is 11.8 Å². The average molecular weight is 208 g/mol. The lowest BCUT2D eigenvalue weighted by Crippen LogP contribution is -2.17. The predicted molar refractivity (Wildman–Crippen MR) is 68.3 cm³/mol. The third-order valence-electron chi connectivity index (χ3n) is 2.99. The highest BCUT2D eigenvalue weighted by atomic mass is 28.3. The summed E-state index contributed by atoms with van der Waals surface area (Å²) in [5.74, 6) is 1.63. The summed E-state index contributed by atoms with van der Waals surface area (Å²) in [6.07, 6.45) is 11.1. The van der Waals surface area contributed by atoms with Gasteiger partial charge in [0.1, 0.15) is 0 Å². The van der Waals surface area contributed by atoms with E-state index < -0.39 is 8.07 Å². The molecule has 0 nitrogen and oxygen atoms in total. The summed E-state index contributed by atoms with van der Waals surface area (Å²) in [5, 5.41) is 0. The summed E-state index contributed by atoms with van der Waals surface area (Å²) in [4.78, 5) is 0. The van der Waals surface area contributed by atoms with Crippen LogP contribution < -0.4 is 0 Å². The third-order valence-corrected chi connectivity index (χ3v) is 4.45. The van der Waals surface area contributed by atoms with Gasteiger partial charge in [-0.15, -0.1) is 6.58 Å². The molecule has 1 aliphatic carbocycles. The number of hydrogen-bond acceptors (Lipinski definition) is 0. The van der Waals surface area contributed by atoms with E-state index in [0.29, 0.717) is 0 Å². The first-order valence-electron chi connectivity index (χ1n) is 5.80. The van der Waals surface area contributed by atoms with Crippen LogP contribution in [0.5, 0.6) is 0 Å². The standard InChI is InChI=1S/C13H24Si/c1-5-12-8-9-13(11-12)7-6-10-14(2,3)4/h5-7,12-13H,1,8-11H2,2-4H3. The maximum atomic E-state index is 3.88. The van der Waals surface area contributed by atoms with Crippen molar-refractivity contribution in [1.82, 2.24) is 0 Å². The maximum absolute atomic E-state index is 3.88. The van der Waals surface area contributed by atoms with Crippen LogP contribution in [0.4, 0.5) is 0 Å². The van der Waals surface area contributed by atoms with Crippen molar-refractivity contribution in [3.8, 4) is 0 Å². The third kappa shape index (κ3) is 4.27. The molecule has 0 bridgehead atoms. The van der Waals surface area contributed by atoms with Gasteiger partial charge >= 0.3 is 0 Å². The van der Waals surface area contributed by atoms with Crippen LogP contribution in [0, 0.1) is 11.8 Å². The fraction of sp³-hybridized carbons (Fsp3) is 0.692. The largest absolute Gasteiger partial charge is 0.103 e. The summed E-state index contributed by atoms with van der Waals surface area (Å²) < 4.78 is 0. The second kappa shape index (κ2) is 4.97. The van der Waals surface area contributed by atoms with E-state index in [9.17, 15) is 0 Å². The Hall–Kier alpha value is -0.303. The molecule has 1 aliphatic rings. The Morgan fingerprint density at radius 1 is 1.21 bits per heavy atom. The van der Waals surface area contributed by atoms with Gasteiger partial charge in [-0.2, -0.15) is 0 Å². The van der Waals surface area contributed by atoms with Crippen molar-refractivity contribution >= 4 is 8.07 Å². The van der Waals surface area contributed by atoms with Crippen LogP contribution in [0.15, 0.2) is 24.8 Å². The van der Waals surface area contributed by atoms with Gasteiger partial charge in [0.05, 0.1) is 0 Å². The van der Waals surface area contributed by atoms with Gasteiger partial charge in [0.25, 0.3) is 0 Å². The quantitative estimate of drug-likeness (QED) is 0.472. The lowest BCUT2D eigenvalue weighted by molar-refractivity contribution is 0.639. The number of hydrogen-bond donors (Lipinski definition) is 0. The Kier molecular flexibility index (Phi) is 4.18. The highest BCUT2D eigenvalue weighted by Crippen LogP contribution is 2.32. The van der Waals surface area contributed by atoms with E-state index >= 15 is 0 Å². The summed E-state index contributed by atoms with van der Waals surface area (Å²) in [7, 11) is -0.861. The number of allylic oxidation sites excluding steroid dienone is 3. The van der Waals surface area contributed by atoms with Crippen molar-refractivity contribution in [1.29, 1.82) is 0 Å². The number of rotatable bonds is 4. The molecule has 2 unspecified atom stereocenters. The van der Waals surface area contributed by atoms with Crippen molar-refractivity contribution in [3.05, 3.63) is 24.8 Å². The van der Waals surface area contributed by atoms with Crippen LogP contribution >= 0.6 is 0 Å². The monoisotopic (exact) mass is 208 g/mol. The molecular weight excluding hydrogens is 184 g/mol. The van der Waals surface area contributed by atoms with Gasteiger partial charge in [-0.05, 0) is 37.1 Å². The molecule has 0 saturated heterocycles. The molecule has 0 aromatic carbocycles. The second-order valence-electron chi connectivity index (χ2n) is 5.76. The van der Waals surface area contributed by atoms with Gasteiger partial charge in [0, 0.05) is 8.07 Å². The van der Waals surface area contributed by atoms with E-state index in [1.807, 2.05) is 0 Å². The highest BCUT2D eigenvalue weighted by molar-refractivity contribution is 6.76. The molecule has 1 heteroatoms. The Balaban J connectivity index is 2.28. The van der Waals surface area contributed by atoms with Gasteiger partial charge in [0.15, 0.2) is 0 Å². The molecule has 0 aliphatic heterocycles. The highest BCUT2D eigenvalue weighted by Gasteiger charge is 2.20. The smallest absolute Gasteiger partial charge is 0.0480 e. The van der Waals surface area contributed by atoms with Crippen molar-refractivity contribution in [2.24, 2.45) is 11.8 Å². The zero-order valence-corrected chi connectivity index (χ0v) is 10.9. The molecule has 1 fully saturated rings. The molecule has 2 atom stereocenters. The Labute approximate surface area is 90.1 Å². The van der Waals surface area contributed by atoms with Gasteiger partial charge < -0.3 is 0 Å². The molecular formula is C13H24Si. The summed E-state index contributed by atoms with van der Waals surface area (Å²) in [5.41, 5.74) is 0. The summed E-state index contributed by atoms with van der Waals surface area (Å²) in [6, 6.07) is 1.34. The van der Waals surface area contributed by atoms with Gasteiger partial charge in [-0.1, -0.05) is 37.9 Å². The van der Waals surface area contributed by atoms with Gasteiger partial charge in [-0.25, -0.2) is 0 Å². The molecule has 0 heterocycles. The van der Waals surface area contributed by atoms with Gasteiger partial charge in [0.2, 0.25) is 0 Å². The lowest BCUT2D eigenvalue weighted by atomic mass is 10.1. The molecule has 1 rings (SSSR count). The molecule has 1 saturated carbocycles. The molecule has 0 amide bonds. The topological polar surface area (TPSA) is 0 Å². The molecule has 0 aromatic rings.